The van der Waals surface area contributed by atoms with Gasteiger partial charge in [0.2, 0.25) is 0 Å². The van der Waals surface area contributed by atoms with Crippen molar-refractivity contribution < 1.29 is 9.90 Å². The molecule has 0 spiro atoms. The van der Waals surface area contributed by atoms with Crippen molar-refractivity contribution in [1.29, 1.82) is 0 Å². The molecule has 2 heterocycles. The van der Waals surface area contributed by atoms with Crippen molar-refractivity contribution in [3.63, 3.8) is 0 Å². The third-order valence-corrected chi connectivity index (χ3v) is 3.14. The van der Waals surface area contributed by atoms with Gasteiger partial charge in [-0.2, -0.15) is 5.10 Å². The number of carbonyl (C=O) groups excluding carboxylic acids is 1. The second kappa shape index (κ2) is 6.00. The second-order valence-corrected chi connectivity index (χ2v) is 4.39. The zero-order valence-electron chi connectivity index (χ0n) is 9.43. The smallest absolute Gasteiger partial charge is 0.254 e. The second-order valence-electron chi connectivity index (χ2n) is 3.39. The zero-order valence-corrected chi connectivity index (χ0v) is 10.3. The van der Waals surface area contributed by atoms with Gasteiger partial charge in [-0.3, -0.25) is 9.89 Å². The monoisotopic (exact) mass is 261 g/mol. The first kappa shape index (κ1) is 12.4. The quantitative estimate of drug-likeness (QED) is 0.713. The largest absolute Gasteiger partial charge is 0.384 e. The highest BCUT2D eigenvalue weighted by Gasteiger charge is 2.08. The van der Waals surface area contributed by atoms with Gasteiger partial charge in [0, 0.05) is 16.6 Å². The highest BCUT2D eigenvalue weighted by atomic mass is 32.1. The van der Waals surface area contributed by atoms with E-state index in [2.05, 4.69) is 27.4 Å². The fraction of sp³-hybridized carbons (Fsp3) is 0.167. The summed E-state index contributed by atoms with van der Waals surface area (Å²) in [5.41, 5.74) is 1.33. The van der Waals surface area contributed by atoms with E-state index in [9.17, 15) is 4.79 Å². The highest BCUT2D eigenvalue weighted by molar-refractivity contribution is 7.10. The highest BCUT2D eigenvalue weighted by Crippen LogP contribution is 2.15. The Kier molecular flexibility index (Phi) is 4.12. The number of aliphatic hydroxyl groups excluding tert-OH is 1. The molecule has 2 aromatic rings. The molecule has 0 bridgehead atoms. The van der Waals surface area contributed by atoms with Crippen LogP contribution in [-0.4, -0.2) is 27.8 Å². The SMILES string of the molecule is O=C(NCc1sccc1C#CCO)c1cn[nH]c1. The van der Waals surface area contributed by atoms with Gasteiger partial charge in [-0.15, -0.1) is 11.3 Å². The van der Waals surface area contributed by atoms with E-state index in [-0.39, 0.29) is 12.5 Å². The lowest BCUT2D eigenvalue weighted by molar-refractivity contribution is 0.0951. The number of H-pyrrole nitrogens is 1. The summed E-state index contributed by atoms with van der Waals surface area (Å²) in [5, 5.41) is 19.6. The molecular formula is C12H11N3O2S. The van der Waals surface area contributed by atoms with Crippen molar-refractivity contribution in [2.45, 2.75) is 6.54 Å². The molecule has 0 aliphatic heterocycles. The predicted octanol–water partition coefficient (Wildman–Crippen LogP) is 0.745. The number of amides is 1. The Bertz CT molecular complexity index is 578. The number of carbonyl (C=O) groups is 1. The van der Waals surface area contributed by atoms with E-state index in [4.69, 9.17) is 5.11 Å². The van der Waals surface area contributed by atoms with E-state index in [0.717, 1.165) is 10.4 Å². The lowest BCUT2D eigenvalue weighted by Gasteiger charge is -2.01. The molecular weight excluding hydrogens is 250 g/mol. The maximum atomic E-state index is 11.7. The number of aliphatic hydroxyl groups is 1. The van der Waals surface area contributed by atoms with Crippen LogP contribution in [0.25, 0.3) is 0 Å². The van der Waals surface area contributed by atoms with Crippen molar-refractivity contribution in [2.75, 3.05) is 6.61 Å². The molecule has 0 aromatic carbocycles. The van der Waals surface area contributed by atoms with Gasteiger partial charge in [-0.05, 0) is 11.4 Å². The molecule has 3 N–H and O–H groups in total. The number of nitrogens with one attached hydrogen (secondary N) is 2. The summed E-state index contributed by atoms with van der Waals surface area (Å²) in [6.07, 6.45) is 3.01. The average molecular weight is 261 g/mol. The summed E-state index contributed by atoms with van der Waals surface area (Å²) in [6, 6.07) is 1.87. The van der Waals surface area contributed by atoms with Gasteiger partial charge >= 0.3 is 0 Å². The van der Waals surface area contributed by atoms with Gasteiger partial charge in [-0.25, -0.2) is 0 Å². The van der Waals surface area contributed by atoms with Crippen LogP contribution in [0.1, 0.15) is 20.8 Å². The number of nitrogens with zero attached hydrogens (tertiary/aromatic N) is 1. The fourth-order valence-corrected chi connectivity index (χ4v) is 2.13. The Labute approximate surface area is 108 Å². The Balaban J connectivity index is 1.98. The molecule has 0 radical (unpaired) electrons. The number of hydrogen-bond acceptors (Lipinski definition) is 4. The van der Waals surface area contributed by atoms with Crippen molar-refractivity contribution in [1.82, 2.24) is 15.5 Å². The Morgan fingerprint density at radius 3 is 3.22 bits per heavy atom. The third kappa shape index (κ3) is 2.97. The zero-order chi connectivity index (χ0) is 12.8. The molecule has 5 nitrogen and oxygen atoms in total. The summed E-state index contributed by atoms with van der Waals surface area (Å²) in [7, 11) is 0. The minimum absolute atomic E-state index is 0.170. The first-order valence-electron chi connectivity index (χ1n) is 5.24. The molecule has 0 aliphatic rings. The molecule has 0 saturated carbocycles. The van der Waals surface area contributed by atoms with Gasteiger partial charge in [0.05, 0.1) is 18.3 Å². The van der Waals surface area contributed by atoms with E-state index in [0.29, 0.717) is 12.1 Å². The summed E-state index contributed by atoms with van der Waals surface area (Å²) < 4.78 is 0. The van der Waals surface area contributed by atoms with Crippen molar-refractivity contribution in [2.24, 2.45) is 0 Å². The summed E-state index contributed by atoms with van der Waals surface area (Å²) >= 11 is 1.52. The maximum Gasteiger partial charge on any atom is 0.254 e. The summed E-state index contributed by atoms with van der Waals surface area (Å²) in [5.74, 6) is 5.25. The number of rotatable bonds is 3. The Morgan fingerprint density at radius 1 is 1.61 bits per heavy atom. The van der Waals surface area contributed by atoms with E-state index in [1.165, 1.54) is 23.7 Å². The lowest BCUT2D eigenvalue weighted by Crippen LogP contribution is -2.22. The number of thiophene rings is 1. The summed E-state index contributed by atoms with van der Waals surface area (Å²) in [4.78, 5) is 12.6. The van der Waals surface area contributed by atoms with Gasteiger partial charge in [0.1, 0.15) is 6.61 Å². The van der Waals surface area contributed by atoms with Gasteiger partial charge in [0.15, 0.2) is 0 Å². The number of aromatic nitrogens is 2. The van der Waals surface area contributed by atoms with E-state index in [1.54, 1.807) is 0 Å². The third-order valence-electron chi connectivity index (χ3n) is 2.22. The van der Waals surface area contributed by atoms with Crippen LogP contribution in [0.3, 0.4) is 0 Å². The molecule has 0 aliphatic carbocycles. The minimum atomic E-state index is -0.182. The molecule has 0 unspecified atom stereocenters. The number of aromatic amines is 1. The average Bonchev–Trinajstić information content (AvgIpc) is 3.04. The number of hydrogen-bond donors (Lipinski definition) is 3. The molecule has 0 fully saturated rings. The first-order valence-corrected chi connectivity index (χ1v) is 6.12. The molecule has 18 heavy (non-hydrogen) atoms. The maximum absolute atomic E-state index is 11.7. The Morgan fingerprint density at radius 2 is 2.50 bits per heavy atom. The van der Waals surface area contributed by atoms with E-state index in [1.807, 2.05) is 11.4 Å². The molecule has 2 rings (SSSR count). The predicted molar refractivity (Wildman–Crippen MR) is 68.0 cm³/mol. The van der Waals surface area contributed by atoms with Crippen LogP contribution in [0.4, 0.5) is 0 Å². The van der Waals surface area contributed by atoms with Crippen molar-refractivity contribution in [3.05, 3.63) is 39.8 Å². The van der Waals surface area contributed by atoms with E-state index >= 15 is 0 Å². The van der Waals surface area contributed by atoms with Crippen LogP contribution >= 0.6 is 11.3 Å². The van der Waals surface area contributed by atoms with Crippen LogP contribution < -0.4 is 5.32 Å². The lowest BCUT2D eigenvalue weighted by atomic mass is 10.2. The van der Waals surface area contributed by atoms with Crippen LogP contribution in [-0.2, 0) is 6.54 Å². The summed E-state index contributed by atoms with van der Waals surface area (Å²) in [6.45, 7) is 0.244. The van der Waals surface area contributed by atoms with Crippen LogP contribution in [0.15, 0.2) is 23.8 Å². The molecule has 0 saturated heterocycles. The fourth-order valence-electron chi connectivity index (χ4n) is 1.36. The topological polar surface area (TPSA) is 78.0 Å². The van der Waals surface area contributed by atoms with Gasteiger partial charge in [-0.1, -0.05) is 11.8 Å². The standard InChI is InChI=1S/C12H11N3O2S/c16-4-1-2-9-3-5-18-11(9)8-13-12(17)10-6-14-15-7-10/h3,5-7,16H,4,8H2,(H,13,17)(H,14,15). The Hall–Kier alpha value is -2.10. The van der Waals surface area contributed by atoms with Gasteiger partial charge in [0.25, 0.3) is 5.91 Å². The van der Waals surface area contributed by atoms with E-state index < -0.39 is 0 Å². The van der Waals surface area contributed by atoms with Crippen LogP contribution in [0, 0.1) is 11.8 Å². The normalized spacial score (nSPS) is 9.61. The first-order chi connectivity index (χ1) is 8.81. The van der Waals surface area contributed by atoms with Crippen molar-refractivity contribution >= 4 is 17.2 Å². The molecule has 2 aromatic heterocycles. The molecule has 92 valence electrons. The van der Waals surface area contributed by atoms with Crippen LogP contribution in [0.5, 0.6) is 0 Å². The molecule has 1 amide bonds. The minimum Gasteiger partial charge on any atom is -0.384 e. The van der Waals surface area contributed by atoms with Gasteiger partial charge < -0.3 is 10.4 Å². The van der Waals surface area contributed by atoms with Crippen LogP contribution in [0.2, 0.25) is 0 Å². The molecule has 6 heteroatoms. The molecule has 0 atom stereocenters. The van der Waals surface area contributed by atoms with Crippen molar-refractivity contribution in [3.8, 4) is 11.8 Å².